The number of carbonyl (C=O) groups is 1. The molecular weight excluding hydrogens is 328 g/mol. The summed E-state index contributed by atoms with van der Waals surface area (Å²) >= 11 is 7.82. The predicted octanol–water partition coefficient (Wildman–Crippen LogP) is 2.85. The Balaban J connectivity index is 1.89. The van der Waals surface area contributed by atoms with E-state index >= 15 is 0 Å². The van der Waals surface area contributed by atoms with E-state index in [4.69, 9.17) is 11.6 Å². The molecule has 5 heteroatoms. The first-order valence-corrected chi connectivity index (χ1v) is 9.39. The second-order valence-corrected chi connectivity index (χ2v) is 7.31. The van der Waals surface area contributed by atoms with Crippen LogP contribution in [0.1, 0.15) is 35.4 Å². The van der Waals surface area contributed by atoms with Gasteiger partial charge in [-0.15, -0.1) is 11.3 Å². The van der Waals surface area contributed by atoms with Crippen LogP contribution in [-0.2, 0) is 11.2 Å². The number of nitrogens with two attached hydrogens (primary N) is 1. The zero-order valence-corrected chi connectivity index (χ0v) is 14.9. The quantitative estimate of drug-likeness (QED) is 0.828. The van der Waals surface area contributed by atoms with E-state index in [1.807, 2.05) is 29.2 Å². The molecule has 2 N–H and O–H groups in total. The lowest BCUT2D eigenvalue weighted by Crippen LogP contribution is -2.86. The number of hydrogen-bond acceptors (Lipinski definition) is 2. The van der Waals surface area contributed by atoms with Gasteiger partial charge in [-0.2, -0.15) is 0 Å². The molecule has 1 aliphatic rings. The number of amides is 1. The number of halogens is 1. The van der Waals surface area contributed by atoms with Gasteiger partial charge in [0, 0.05) is 16.4 Å². The highest BCUT2D eigenvalue weighted by Gasteiger charge is 2.33. The Bertz CT molecular complexity index is 668. The van der Waals surface area contributed by atoms with Crippen molar-refractivity contribution in [2.24, 2.45) is 0 Å². The molecule has 0 spiro atoms. The molecular formula is C18H22ClN2OS+. The van der Waals surface area contributed by atoms with Crippen molar-refractivity contribution in [3.63, 3.8) is 0 Å². The summed E-state index contributed by atoms with van der Waals surface area (Å²) in [5.41, 5.74) is 2.41. The van der Waals surface area contributed by atoms with Crippen LogP contribution in [0.5, 0.6) is 0 Å². The molecule has 1 aromatic heterocycles. The van der Waals surface area contributed by atoms with Crippen molar-refractivity contribution in [1.29, 1.82) is 0 Å². The first kappa shape index (κ1) is 16.5. The monoisotopic (exact) mass is 349 g/mol. The molecule has 23 heavy (non-hydrogen) atoms. The summed E-state index contributed by atoms with van der Waals surface area (Å²) in [6.45, 7) is 4.45. The molecule has 3 rings (SSSR count). The Morgan fingerprint density at radius 2 is 2.13 bits per heavy atom. The molecule has 1 amide bonds. The van der Waals surface area contributed by atoms with E-state index in [1.165, 1.54) is 10.4 Å². The van der Waals surface area contributed by atoms with Gasteiger partial charge in [-0.1, -0.05) is 30.7 Å². The number of hydrogen-bond donors (Lipinski definition) is 1. The largest absolute Gasteiger partial charge is 0.338 e. The average molecular weight is 350 g/mol. The van der Waals surface area contributed by atoms with Gasteiger partial charge < -0.3 is 10.2 Å². The zero-order chi connectivity index (χ0) is 16.2. The van der Waals surface area contributed by atoms with Gasteiger partial charge in [0.15, 0.2) is 6.54 Å². The lowest BCUT2D eigenvalue weighted by Gasteiger charge is -2.36. The first-order valence-electron chi connectivity index (χ1n) is 8.13. The summed E-state index contributed by atoms with van der Waals surface area (Å²) in [4.78, 5) is 16.2. The number of carbonyl (C=O) groups excluding carboxylic acids is 1. The fourth-order valence-corrected chi connectivity index (χ4v) is 4.17. The maximum absolute atomic E-state index is 12.7. The van der Waals surface area contributed by atoms with Crippen LogP contribution in [0.15, 0.2) is 35.7 Å². The Morgan fingerprint density at radius 1 is 1.35 bits per heavy atom. The van der Waals surface area contributed by atoms with E-state index in [-0.39, 0.29) is 11.9 Å². The number of quaternary nitrogens is 1. The molecule has 0 saturated heterocycles. The highest BCUT2D eigenvalue weighted by molar-refractivity contribution is 7.10. The highest BCUT2D eigenvalue weighted by atomic mass is 35.5. The van der Waals surface area contributed by atoms with E-state index in [0.29, 0.717) is 6.54 Å². The topological polar surface area (TPSA) is 36.9 Å². The van der Waals surface area contributed by atoms with Crippen molar-refractivity contribution in [2.75, 3.05) is 19.6 Å². The summed E-state index contributed by atoms with van der Waals surface area (Å²) in [5, 5.41) is 4.96. The van der Waals surface area contributed by atoms with Crippen LogP contribution in [0.4, 0.5) is 0 Å². The summed E-state index contributed by atoms with van der Waals surface area (Å²) in [7, 11) is 0. The van der Waals surface area contributed by atoms with Crippen molar-refractivity contribution in [3.8, 4) is 0 Å². The van der Waals surface area contributed by atoms with Gasteiger partial charge in [0.25, 0.3) is 5.91 Å². The minimum absolute atomic E-state index is 0.0183. The van der Waals surface area contributed by atoms with Crippen LogP contribution in [-0.4, -0.2) is 30.4 Å². The van der Waals surface area contributed by atoms with Gasteiger partial charge in [-0.3, -0.25) is 4.79 Å². The molecule has 2 aromatic rings. The molecule has 0 bridgehead atoms. The minimum Gasteiger partial charge on any atom is -0.338 e. The Hall–Kier alpha value is -1.36. The predicted molar refractivity (Wildman–Crippen MR) is 95.0 cm³/mol. The van der Waals surface area contributed by atoms with Crippen molar-refractivity contribution in [2.45, 2.75) is 25.8 Å². The SMILES string of the molecule is CCC[NH2+]CC(=O)N1CCc2sccc2[C@H]1c1ccc(Cl)cc1. The normalized spacial score (nSPS) is 17.1. The fraction of sp³-hybridized carbons (Fsp3) is 0.389. The third-order valence-corrected chi connectivity index (χ3v) is 5.53. The van der Waals surface area contributed by atoms with Crippen LogP contribution in [0, 0.1) is 0 Å². The molecule has 122 valence electrons. The smallest absolute Gasteiger partial charge is 0.278 e. The Kier molecular flexibility index (Phi) is 5.36. The molecule has 0 radical (unpaired) electrons. The number of fused-ring (bicyclic) bond motifs is 1. The van der Waals surface area contributed by atoms with E-state index in [1.54, 1.807) is 11.3 Å². The lowest BCUT2D eigenvalue weighted by molar-refractivity contribution is -0.644. The molecule has 3 nitrogen and oxygen atoms in total. The van der Waals surface area contributed by atoms with Gasteiger partial charge >= 0.3 is 0 Å². The zero-order valence-electron chi connectivity index (χ0n) is 13.3. The molecule has 1 aliphatic heterocycles. The summed E-state index contributed by atoms with van der Waals surface area (Å²) in [6.07, 6.45) is 2.04. The standard InChI is InChI=1S/C18H21ClN2OS/c1-2-9-20-12-17(22)21-10-7-16-15(8-11-23-16)18(21)13-3-5-14(19)6-4-13/h3-6,8,11,18,20H,2,7,9-10,12H2,1H3/p+1/t18-/m1/s1. The van der Waals surface area contributed by atoms with Crippen molar-refractivity contribution in [3.05, 3.63) is 56.7 Å². The van der Waals surface area contributed by atoms with E-state index < -0.39 is 0 Å². The molecule has 0 saturated carbocycles. The first-order chi connectivity index (χ1) is 11.2. The Labute approximate surface area is 146 Å². The summed E-state index contributed by atoms with van der Waals surface area (Å²) in [5.74, 6) is 0.218. The third-order valence-electron chi connectivity index (χ3n) is 4.28. The average Bonchev–Trinajstić information content (AvgIpc) is 3.03. The fourth-order valence-electron chi connectivity index (χ4n) is 3.14. The molecule has 0 aliphatic carbocycles. The van der Waals surface area contributed by atoms with Gasteiger partial charge in [-0.05, 0) is 47.5 Å². The minimum atomic E-state index is 0.0183. The van der Waals surface area contributed by atoms with Crippen molar-refractivity contribution < 1.29 is 10.1 Å². The number of nitrogens with zero attached hydrogens (tertiary/aromatic N) is 1. The second kappa shape index (κ2) is 7.47. The number of rotatable bonds is 5. The summed E-state index contributed by atoms with van der Waals surface area (Å²) < 4.78 is 0. The lowest BCUT2D eigenvalue weighted by atomic mass is 9.93. The highest BCUT2D eigenvalue weighted by Crippen LogP contribution is 2.37. The van der Waals surface area contributed by atoms with Crippen LogP contribution < -0.4 is 5.32 Å². The van der Waals surface area contributed by atoms with Crippen LogP contribution >= 0.6 is 22.9 Å². The molecule has 1 aromatic carbocycles. The number of thiophene rings is 1. The second-order valence-electron chi connectivity index (χ2n) is 5.87. The van der Waals surface area contributed by atoms with Gasteiger partial charge in [0.2, 0.25) is 0 Å². The molecule has 0 unspecified atom stereocenters. The van der Waals surface area contributed by atoms with Crippen LogP contribution in [0.2, 0.25) is 5.02 Å². The molecule has 0 fully saturated rings. The number of benzene rings is 1. The third kappa shape index (κ3) is 3.60. The van der Waals surface area contributed by atoms with E-state index in [0.717, 1.165) is 36.5 Å². The molecule has 2 heterocycles. The van der Waals surface area contributed by atoms with Gasteiger partial charge in [0.1, 0.15) is 0 Å². The maximum atomic E-state index is 12.7. The van der Waals surface area contributed by atoms with E-state index in [9.17, 15) is 4.79 Å². The van der Waals surface area contributed by atoms with Gasteiger partial charge in [0.05, 0.1) is 12.6 Å². The van der Waals surface area contributed by atoms with Crippen molar-refractivity contribution >= 4 is 28.8 Å². The van der Waals surface area contributed by atoms with E-state index in [2.05, 4.69) is 23.7 Å². The molecule has 1 atom stereocenters. The van der Waals surface area contributed by atoms with Gasteiger partial charge in [-0.25, -0.2) is 0 Å². The van der Waals surface area contributed by atoms with Crippen LogP contribution in [0.25, 0.3) is 0 Å². The Morgan fingerprint density at radius 3 is 2.87 bits per heavy atom. The van der Waals surface area contributed by atoms with Crippen molar-refractivity contribution in [1.82, 2.24) is 4.90 Å². The van der Waals surface area contributed by atoms with Crippen LogP contribution in [0.3, 0.4) is 0 Å². The summed E-state index contributed by atoms with van der Waals surface area (Å²) in [6, 6.07) is 10.1. The maximum Gasteiger partial charge on any atom is 0.278 e.